The van der Waals surface area contributed by atoms with Crippen LogP contribution >= 0.6 is 0 Å². The van der Waals surface area contributed by atoms with E-state index in [1.807, 2.05) is 118 Å². The molecule has 0 saturated heterocycles. The summed E-state index contributed by atoms with van der Waals surface area (Å²) in [6.45, 7) is 33.6. The molecule has 15 heteroatoms. The minimum absolute atomic E-state index is 0.897. The minimum Gasteiger partial charge on any atom is -0.381 e. The molecule has 1 fully saturated rings. The zero-order valence-electron chi connectivity index (χ0n) is 27.7. The largest absolute Gasteiger partial charge is 0.381 e. The van der Waals surface area contributed by atoms with Crippen molar-refractivity contribution in [2.45, 2.75) is 135 Å². The van der Waals surface area contributed by atoms with Gasteiger partial charge >= 0.3 is 0 Å². The van der Waals surface area contributed by atoms with E-state index >= 15 is 4.79 Å². The Hall–Kier alpha value is 0.0713. The van der Waals surface area contributed by atoms with Crippen LogP contribution in [0.15, 0.2) is 0 Å². The fourth-order valence-electron chi connectivity index (χ4n) is 4.21. The van der Waals surface area contributed by atoms with Crippen LogP contribution in [-0.2, 0) is 40.9 Å². The summed E-state index contributed by atoms with van der Waals surface area (Å²) in [5.74, 6) is -10.5. The molecular formula is C24H54O9Si6. The van der Waals surface area contributed by atoms with E-state index in [2.05, 4.69) is 0 Å². The number of carbonyl (C=O) groups excluding carboxylic acids is 3. The predicted molar refractivity (Wildman–Crippen MR) is 170 cm³/mol. The maximum atomic E-state index is 15.3. The molecule has 39 heavy (non-hydrogen) atoms. The van der Waals surface area contributed by atoms with Crippen LogP contribution in [0.3, 0.4) is 0 Å². The van der Waals surface area contributed by atoms with Gasteiger partial charge in [-0.2, -0.15) is 0 Å². The van der Waals surface area contributed by atoms with E-state index < -0.39 is 84.6 Å². The summed E-state index contributed by atoms with van der Waals surface area (Å²) < 4.78 is 39.5. The third-order valence-corrected chi connectivity index (χ3v) is 9.93. The van der Waals surface area contributed by atoms with Crippen LogP contribution in [-0.4, -0.2) is 84.6 Å². The maximum absolute atomic E-state index is 15.3. The van der Waals surface area contributed by atoms with Gasteiger partial charge in [0.05, 0.1) is 0 Å². The van der Waals surface area contributed by atoms with E-state index in [0.717, 1.165) is 0 Å². The van der Waals surface area contributed by atoms with Crippen LogP contribution in [0.1, 0.15) is 0 Å². The molecule has 1 rings (SSSR count). The lowest BCUT2D eigenvalue weighted by atomic mass is 9.80. The molecule has 1 saturated carbocycles. The maximum Gasteiger partial charge on any atom is 0.286 e. The van der Waals surface area contributed by atoms with Gasteiger partial charge in [0.25, 0.3) is 34.7 Å². The molecule has 228 valence electrons. The van der Waals surface area contributed by atoms with E-state index in [9.17, 15) is 9.59 Å². The Labute approximate surface area is 242 Å². The average Bonchev–Trinajstić information content (AvgIpc) is 2.56. The molecule has 0 atom stereocenters. The SMILES string of the molecule is C[Si](C)(C)OC1(O[Si](C)(C)C)C(=O)C(=O)C(O[Si](C)(C)C)(O[Si](C)(C)C)C(O[Si](C)(C)C)(O[Si](C)(C)C)C1=O. The number of rotatable bonds is 12. The normalized spacial score (nSPS) is 20.9. The first-order valence-electron chi connectivity index (χ1n) is 13.6. The van der Waals surface area contributed by atoms with Gasteiger partial charge in [0.2, 0.25) is 0 Å². The lowest BCUT2D eigenvalue weighted by Gasteiger charge is -2.59. The molecule has 1 aliphatic rings. The molecule has 9 nitrogen and oxygen atoms in total. The van der Waals surface area contributed by atoms with Crippen LogP contribution in [0.5, 0.6) is 0 Å². The number of Topliss-reactive ketones (excluding diaryl/α,β-unsaturated/α-hetero) is 3. The zero-order valence-corrected chi connectivity index (χ0v) is 33.7. The lowest BCUT2D eigenvalue weighted by molar-refractivity contribution is -0.305. The summed E-state index contributed by atoms with van der Waals surface area (Å²) in [5.41, 5.74) is 0. The van der Waals surface area contributed by atoms with Gasteiger partial charge in [-0.3, -0.25) is 14.4 Å². The Balaban J connectivity index is 4.52. The molecule has 0 aromatic heterocycles. The van der Waals surface area contributed by atoms with Gasteiger partial charge in [-0.05, 0) is 118 Å². The highest BCUT2D eigenvalue weighted by Crippen LogP contribution is 2.50. The van der Waals surface area contributed by atoms with Crippen molar-refractivity contribution in [3.8, 4) is 0 Å². The van der Waals surface area contributed by atoms with Crippen molar-refractivity contribution in [1.29, 1.82) is 0 Å². The Morgan fingerprint density at radius 3 is 0.821 bits per heavy atom. The molecule has 0 bridgehead atoms. The van der Waals surface area contributed by atoms with Crippen molar-refractivity contribution in [3.05, 3.63) is 0 Å². The average molecular weight is 655 g/mol. The third-order valence-electron chi connectivity index (χ3n) is 4.53. The summed E-state index contributed by atoms with van der Waals surface area (Å²) >= 11 is 0. The molecular weight excluding hydrogens is 601 g/mol. The van der Waals surface area contributed by atoms with E-state index in [0.29, 0.717) is 0 Å². The first-order valence-corrected chi connectivity index (χ1v) is 34.0. The Morgan fingerprint density at radius 2 is 0.590 bits per heavy atom. The van der Waals surface area contributed by atoms with Crippen molar-refractivity contribution in [3.63, 3.8) is 0 Å². The highest BCUT2D eigenvalue weighted by Gasteiger charge is 2.81. The van der Waals surface area contributed by atoms with E-state index in [1.165, 1.54) is 0 Å². The highest BCUT2D eigenvalue weighted by molar-refractivity contribution is 6.75. The van der Waals surface area contributed by atoms with Gasteiger partial charge in [0.15, 0.2) is 49.9 Å². The number of hydrogen-bond donors (Lipinski definition) is 0. The van der Waals surface area contributed by atoms with Crippen molar-refractivity contribution in [1.82, 2.24) is 0 Å². The second-order valence-electron chi connectivity index (χ2n) is 16.1. The summed E-state index contributed by atoms with van der Waals surface area (Å²) in [5, 5.41) is 0. The van der Waals surface area contributed by atoms with Crippen LogP contribution in [0, 0.1) is 0 Å². The van der Waals surface area contributed by atoms with Gasteiger partial charge in [0.1, 0.15) is 0 Å². The zero-order chi connectivity index (χ0) is 31.5. The standard InChI is InChI=1S/C24H54O9Si6/c1-34(2,3)28-22(29-35(4,5)6)19(25)20(26)23(30-36(7,8)9,31-37(10,11)12)24(21(22)27,32-38(13,14)15)33-39(16,17)18/h1-18H3. The molecule has 0 N–H and O–H groups in total. The Bertz CT molecular complexity index is 910. The minimum atomic E-state index is -2.73. The predicted octanol–water partition coefficient (Wildman–Crippen LogP) is 5.91. The molecule has 0 radical (unpaired) electrons. The van der Waals surface area contributed by atoms with Crippen LogP contribution in [0.2, 0.25) is 118 Å². The van der Waals surface area contributed by atoms with E-state index in [4.69, 9.17) is 26.6 Å². The van der Waals surface area contributed by atoms with Gasteiger partial charge in [0, 0.05) is 0 Å². The molecule has 0 aromatic rings. The van der Waals surface area contributed by atoms with Crippen molar-refractivity contribution in [2.24, 2.45) is 0 Å². The van der Waals surface area contributed by atoms with Crippen molar-refractivity contribution >= 4 is 67.3 Å². The van der Waals surface area contributed by atoms with Crippen LogP contribution in [0.25, 0.3) is 0 Å². The molecule has 0 unspecified atom stereocenters. The Kier molecular flexibility index (Phi) is 10.4. The summed E-state index contributed by atoms with van der Waals surface area (Å²) in [4.78, 5) is 44.5. The topological polar surface area (TPSA) is 107 Å². The second-order valence-corrected chi connectivity index (χ2v) is 42.7. The van der Waals surface area contributed by atoms with E-state index in [-0.39, 0.29) is 0 Å². The fraction of sp³-hybridized carbons (Fsp3) is 0.875. The third kappa shape index (κ3) is 9.28. The molecule has 0 heterocycles. The van der Waals surface area contributed by atoms with Gasteiger partial charge < -0.3 is 26.6 Å². The number of ketones is 3. The fourth-order valence-corrected chi connectivity index (χ4v) is 11.2. The summed E-state index contributed by atoms with van der Waals surface area (Å²) in [7, 11) is -16.3. The monoisotopic (exact) mass is 654 g/mol. The smallest absolute Gasteiger partial charge is 0.286 e. The Morgan fingerprint density at radius 1 is 0.359 bits per heavy atom. The van der Waals surface area contributed by atoms with Gasteiger partial charge in [-0.25, -0.2) is 0 Å². The summed E-state index contributed by atoms with van der Waals surface area (Å²) in [6.07, 6.45) is 0. The lowest BCUT2D eigenvalue weighted by Crippen LogP contribution is -2.86. The molecule has 0 aliphatic heterocycles. The van der Waals surface area contributed by atoms with Crippen LogP contribution < -0.4 is 0 Å². The highest BCUT2D eigenvalue weighted by atomic mass is 28.4. The molecule has 0 amide bonds. The van der Waals surface area contributed by atoms with Gasteiger partial charge in [-0.15, -0.1) is 0 Å². The number of hydrogen-bond acceptors (Lipinski definition) is 9. The first-order chi connectivity index (χ1) is 16.7. The molecule has 1 aliphatic carbocycles. The van der Waals surface area contributed by atoms with Gasteiger partial charge in [-0.1, -0.05) is 0 Å². The summed E-state index contributed by atoms with van der Waals surface area (Å²) in [6, 6.07) is 0. The number of carbonyl (C=O) groups is 3. The van der Waals surface area contributed by atoms with E-state index in [1.54, 1.807) is 0 Å². The van der Waals surface area contributed by atoms with Crippen molar-refractivity contribution in [2.75, 3.05) is 0 Å². The second kappa shape index (κ2) is 11.0. The van der Waals surface area contributed by atoms with Crippen molar-refractivity contribution < 1.29 is 40.9 Å². The van der Waals surface area contributed by atoms with Crippen LogP contribution in [0.4, 0.5) is 0 Å². The molecule has 0 spiro atoms. The molecule has 0 aromatic carbocycles. The first kappa shape index (κ1) is 37.1. The quantitative estimate of drug-likeness (QED) is 0.110.